The van der Waals surface area contributed by atoms with Gasteiger partial charge in [0.05, 0.1) is 6.10 Å². The maximum absolute atomic E-state index is 11.1. The van der Waals surface area contributed by atoms with Gasteiger partial charge in [-0.25, -0.2) is 0 Å². The van der Waals surface area contributed by atoms with Crippen molar-refractivity contribution in [3.8, 4) is 0 Å². The van der Waals surface area contributed by atoms with Gasteiger partial charge in [-0.15, -0.1) is 11.6 Å². The number of rotatable bonds is 5. The molecule has 2 unspecified atom stereocenters. The summed E-state index contributed by atoms with van der Waals surface area (Å²) < 4.78 is 20.6. The molecule has 0 aromatic heterocycles. The van der Waals surface area contributed by atoms with E-state index in [-0.39, 0.29) is 18.3 Å². The van der Waals surface area contributed by atoms with Crippen molar-refractivity contribution in [1.29, 1.82) is 0 Å². The van der Waals surface area contributed by atoms with Crippen LogP contribution in [0.25, 0.3) is 0 Å². The van der Waals surface area contributed by atoms with Gasteiger partial charge in [-0.2, -0.15) is 0 Å². The van der Waals surface area contributed by atoms with E-state index in [1.54, 1.807) is 6.92 Å². The first-order chi connectivity index (χ1) is 5.02. The van der Waals surface area contributed by atoms with Crippen molar-refractivity contribution in [1.82, 2.24) is 0 Å². The van der Waals surface area contributed by atoms with Crippen LogP contribution in [0, 0.1) is 0 Å². The molecule has 0 aromatic carbocycles. The molecule has 0 saturated heterocycles. The van der Waals surface area contributed by atoms with Crippen molar-refractivity contribution in [3.63, 3.8) is 0 Å². The molecule has 0 aliphatic rings. The molecule has 0 spiro atoms. The zero-order chi connectivity index (χ0) is 8.91. The topological polar surface area (TPSA) is 35.5 Å². The van der Waals surface area contributed by atoms with Crippen molar-refractivity contribution >= 4 is 29.6 Å². The third-order valence-electron chi connectivity index (χ3n) is 0.838. The Morgan fingerprint density at radius 3 is 2.55 bits per heavy atom. The minimum absolute atomic E-state index is 0.0875. The van der Waals surface area contributed by atoms with Crippen molar-refractivity contribution < 1.29 is 13.8 Å². The van der Waals surface area contributed by atoms with E-state index in [1.165, 1.54) is 7.11 Å². The van der Waals surface area contributed by atoms with Crippen LogP contribution < -0.4 is 0 Å². The number of ether oxygens (including phenoxy) is 1. The molecule has 0 radical (unpaired) electrons. The summed E-state index contributed by atoms with van der Waals surface area (Å²) in [6.45, 7) is -1.41. The molecule has 0 heterocycles. The predicted molar refractivity (Wildman–Crippen MR) is 46.6 cm³/mol. The molecule has 0 fully saturated rings. The van der Waals surface area contributed by atoms with Crippen LogP contribution in [0.4, 0.5) is 0 Å². The maximum Gasteiger partial charge on any atom is 0.315 e. The van der Waals surface area contributed by atoms with Gasteiger partial charge in [0, 0.05) is 13.0 Å². The van der Waals surface area contributed by atoms with E-state index in [0.717, 1.165) is 0 Å². The van der Waals surface area contributed by atoms with Gasteiger partial charge in [0.1, 0.15) is 6.35 Å². The van der Waals surface area contributed by atoms with Gasteiger partial charge in [0.25, 0.3) is 0 Å². The molecule has 0 saturated carbocycles. The summed E-state index contributed by atoms with van der Waals surface area (Å²) >= 11 is 10.9. The standard InChI is InChI=1S/C5H11Cl2O3P/c1-5(3-6)10-11(7,8)4-9-2/h5H,3-4H2,1-2H3. The third-order valence-corrected chi connectivity index (χ3v) is 3.05. The van der Waals surface area contributed by atoms with Crippen molar-refractivity contribution in [2.45, 2.75) is 13.0 Å². The second-order valence-electron chi connectivity index (χ2n) is 2.08. The van der Waals surface area contributed by atoms with Gasteiger partial charge in [-0.3, -0.25) is 4.57 Å². The lowest BCUT2D eigenvalue weighted by Gasteiger charge is -2.14. The third kappa shape index (κ3) is 5.94. The SMILES string of the molecule is COCP(=O)(Cl)OC(C)CCl. The van der Waals surface area contributed by atoms with E-state index >= 15 is 0 Å². The highest BCUT2D eigenvalue weighted by Crippen LogP contribution is 2.53. The van der Waals surface area contributed by atoms with Crippen molar-refractivity contribution in [2.24, 2.45) is 0 Å². The highest BCUT2D eigenvalue weighted by atomic mass is 35.7. The lowest BCUT2D eigenvalue weighted by molar-refractivity contribution is 0.204. The first-order valence-corrected chi connectivity index (χ1v) is 6.29. The summed E-state index contributed by atoms with van der Waals surface area (Å²) in [4.78, 5) is 0. The quantitative estimate of drug-likeness (QED) is 0.528. The summed E-state index contributed by atoms with van der Waals surface area (Å²) in [6, 6.07) is 0. The minimum Gasteiger partial charge on any atom is -0.373 e. The number of alkyl halides is 1. The van der Waals surface area contributed by atoms with Crippen LogP contribution in [0.5, 0.6) is 0 Å². The fourth-order valence-electron chi connectivity index (χ4n) is 0.482. The highest BCUT2D eigenvalue weighted by Gasteiger charge is 2.21. The first kappa shape index (κ1) is 11.7. The van der Waals surface area contributed by atoms with Gasteiger partial charge in [-0.1, -0.05) is 0 Å². The molecule has 0 bridgehead atoms. The van der Waals surface area contributed by atoms with Crippen molar-refractivity contribution in [2.75, 3.05) is 19.3 Å². The normalized spacial score (nSPS) is 19.3. The van der Waals surface area contributed by atoms with Gasteiger partial charge in [-0.05, 0) is 18.2 Å². The maximum atomic E-state index is 11.1. The molecular formula is C5H11Cl2O3P. The Bertz CT molecular complexity index is 153. The Morgan fingerprint density at radius 2 is 2.18 bits per heavy atom. The summed E-state index contributed by atoms with van der Waals surface area (Å²) in [5, 5.41) is 0. The molecule has 0 rings (SSSR count). The number of hydrogen-bond donors (Lipinski definition) is 0. The van der Waals surface area contributed by atoms with E-state index in [0.29, 0.717) is 0 Å². The van der Waals surface area contributed by atoms with Crippen LogP contribution in [-0.4, -0.2) is 25.4 Å². The fourth-order valence-corrected chi connectivity index (χ4v) is 2.31. The Balaban J connectivity index is 3.81. The lowest BCUT2D eigenvalue weighted by atomic mass is 10.5. The molecule has 0 amide bonds. The summed E-state index contributed by atoms with van der Waals surface area (Å²) in [5.41, 5.74) is 0. The Labute approximate surface area is 76.2 Å². The average Bonchev–Trinajstić information content (AvgIpc) is 1.86. The zero-order valence-electron chi connectivity index (χ0n) is 6.42. The second-order valence-corrected chi connectivity index (χ2v) is 5.58. The van der Waals surface area contributed by atoms with Crippen LogP contribution in [0.1, 0.15) is 6.92 Å². The second kappa shape index (κ2) is 5.39. The molecule has 0 N–H and O–H groups in total. The molecule has 0 aliphatic heterocycles. The predicted octanol–water partition coefficient (Wildman–Crippen LogP) is 2.67. The van der Waals surface area contributed by atoms with Gasteiger partial charge in [0.2, 0.25) is 0 Å². The van der Waals surface area contributed by atoms with Crippen LogP contribution in [0.15, 0.2) is 0 Å². The Hall–Kier alpha value is 0.730. The van der Waals surface area contributed by atoms with E-state index in [4.69, 9.17) is 27.4 Å². The average molecular weight is 221 g/mol. The van der Waals surface area contributed by atoms with E-state index in [2.05, 4.69) is 4.74 Å². The molecule has 6 heteroatoms. The largest absolute Gasteiger partial charge is 0.373 e. The zero-order valence-corrected chi connectivity index (χ0v) is 8.83. The fraction of sp³-hybridized carbons (Fsp3) is 1.00. The molecular weight excluding hydrogens is 210 g/mol. The monoisotopic (exact) mass is 220 g/mol. The number of hydrogen-bond acceptors (Lipinski definition) is 3. The van der Waals surface area contributed by atoms with Crippen LogP contribution >= 0.6 is 29.6 Å². The molecule has 11 heavy (non-hydrogen) atoms. The van der Waals surface area contributed by atoms with E-state index in [9.17, 15) is 4.57 Å². The molecule has 0 aliphatic carbocycles. The lowest BCUT2D eigenvalue weighted by Crippen LogP contribution is -2.07. The van der Waals surface area contributed by atoms with Crippen LogP contribution in [-0.2, 0) is 13.8 Å². The smallest absolute Gasteiger partial charge is 0.315 e. The van der Waals surface area contributed by atoms with E-state index < -0.39 is 6.72 Å². The number of halogens is 2. The van der Waals surface area contributed by atoms with Crippen molar-refractivity contribution in [3.05, 3.63) is 0 Å². The first-order valence-electron chi connectivity index (χ1n) is 3.04. The molecule has 68 valence electrons. The van der Waals surface area contributed by atoms with E-state index in [1.807, 2.05) is 0 Å². The molecule has 0 aromatic rings. The van der Waals surface area contributed by atoms with Crippen LogP contribution in [0.3, 0.4) is 0 Å². The Morgan fingerprint density at radius 1 is 1.64 bits per heavy atom. The Kier molecular flexibility index (Phi) is 5.75. The molecule has 3 nitrogen and oxygen atoms in total. The van der Waals surface area contributed by atoms with Gasteiger partial charge in [0.15, 0.2) is 0 Å². The van der Waals surface area contributed by atoms with Gasteiger partial charge >= 0.3 is 6.72 Å². The van der Waals surface area contributed by atoms with Crippen LogP contribution in [0.2, 0.25) is 0 Å². The molecule has 2 atom stereocenters. The summed E-state index contributed by atoms with van der Waals surface area (Å²) in [7, 11) is 1.41. The highest BCUT2D eigenvalue weighted by molar-refractivity contribution is 7.85. The summed E-state index contributed by atoms with van der Waals surface area (Å²) in [5.74, 6) is 0.264. The number of methoxy groups -OCH3 is 1. The van der Waals surface area contributed by atoms with Gasteiger partial charge < -0.3 is 9.26 Å². The minimum atomic E-state index is -3.10. The summed E-state index contributed by atoms with van der Waals surface area (Å²) in [6.07, 6.45) is -0.398.